The molecule has 1 amide bonds. The Morgan fingerprint density at radius 2 is 1.81 bits per heavy atom. The van der Waals surface area contributed by atoms with Gasteiger partial charge in [0, 0.05) is 16.5 Å². The normalized spacial score (nSPS) is 15.6. The van der Waals surface area contributed by atoms with Crippen LogP contribution >= 0.6 is 34.5 Å². The maximum atomic E-state index is 13.5. The smallest absolute Gasteiger partial charge is 0.297 e. The van der Waals surface area contributed by atoms with Gasteiger partial charge in [-0.3, -0.25) is 14.5 Å². The highest BCUT2D eigenvalue weighted by atomic mass is 35.5. The van der Waals surface area contributed by atoms with E-state index in [2.05, 4.69) is 10.2 Å². The number of benzene rings is 2. The van der Waals surface area contributed by atoms with Crippen molar-refractivity contribution < 1.29 is 9.21 Å². The molecule has 0 radical (unpaired) electrons. The summed E-state index contributed by atoms with van der Waals surface area (Å²) in [4.78, 5) is 28.4. The van der Waals surface area contributed by atoms with Crippen molar-refractivity contribution in [3.63, 3.8) is 0 Å². The Morgan fingerprint density at radius 3 is 2.55 bits per heavy atom. The van der Waals surface area contributed by atoms with Gasteiger partial charge in [0.15, 0.2) is 5.43 Å². The summed E-state index contributed by atoms with van der Waals surface area (Å²) in [5.41, 5.74) is 0.988. The number of fused-ring (bicyclic) bond motifs is 2. The predicted molar refractivity (Wildman–Crippen MR) is 122 cm³/mol. The maximum Gasteiger partial charge on any atom is 0.297 e. The average Bonchev–Trinajstić information content (AvgIpc) is 3.32. The maximum absolute atomic E-state index is 13.5. The van der Waals surface area contributed by atoms with Crippen molar-refractivity contribution in [2.75, 3.05) is 4.90 Å². The highest BCUT2D eigenvalue weighted by molar-refractivity contribution is 7.15. The standard InChI is InChI=1S/C22H15Cl2N3O3S/c1-2-3-16-25-26-22(31-16)27-18(11-4-6-12(23)7-5-11)17-19(28)14-10-13(24)8-9-15(14)30-20(17)21(27)29/h4-10,18H,2-3H2,1H3. The van der Waals surface area contributed by atoms with E-state index in [1.54, 1.807) is 42.5 Å². The Labute approximate surface area is 191 Å². The zero-order valence-electron chi connectivity index (χ0n) is 16.3. The molecule has 0 saturated carbocycles. The molecule has 3 heterocycles. The quantitative estimate of drug-likeness (QED) is 0.384. The monoisotopic (exact) mass is 471 g/mol. The first-order chi connectivity index (χ1) is 15.0. The molecule has 0 aliphatic carbocycles. The van der Waals surface area contributed by atoms with Gasteiger partial charge in [-0.2, -0.15) is 0 Å². The molecular formula is C22H15Cl2N3O3S. The van der Waals surface area contributed by atoms with Gasteiger partial charge in [0.1, 0.15) is 10.6 Å². The van der Waals surface area contributed by atoms with E-state index in [9.17, 15) is 9.59 Å². The summed E-state index contributed by atoms with van der Waals surface area (Å²) in [6, 6.07) is 11.1. The first-order valence-electron chi connectivity index (χ1n) is 9.65. The number of aryl methyl sites for hydroxylation is 1. The van der Waals surface area contributed by atoms with Crippen LogP contribution in [0.25, 0.3) is 11.0 Å². The predicted octanol–water partition coefficient (Wildman–Crippen LogP) is 5.65. The number of hydrogen-bond acceptors (Lipinski definition) is 6. The van der Waals surface area contributed by atoms with Gasteiger partial charge in [-0.1, -0.05) is 53.6 Å². The van der Waals surface area contributed by atoms with Crippen molar-refractivity contribution in [2.24, 2.45) is 0 Å². The summed E-state index contributed by atoms with van der Waals surface area (Å²) < 4.78 is 5.91. The number of amides is 1. The fraction of sp³-hybridized carbons (Fsp3) is 0.182. The van der Waals surface area contributed by atoms with Crippen LogP contribution in [-0.2, 0) is 6.42 Å². The number of aromatic nitrogens is 2. The van der Waals surface area contributed by atoms with E-state index < -0.39 is 11.9 Å². The zero-order chi connectivity index (χ0) is 21.7. The summed E-state index contributed by atoms with van der Waals surface area (Å²) in [6.07, 6.45) is 1.67. The minimum Gasteiger partial charge on any atom is -0.450 e. The van der Waals surface area contributed by atoms with Crippen LogP contribution in [-0.4, -0.2) is 16.1 Å². The van der Waals surface area contributed by atoms with Gasteiger partial charge >= 0.3 is 0 Å². The molecular weight excluding hydrogens is 457 g/mol. The Morgan fingerprint density at radius 1 is 1.06 bits per heavy atom. The molecule has 9 heteroatoms. The molecule has 0 spiro atoms. The van der Waals surface area contributed by atoms with Crippen LogP contribution in [0.2, 0.25) is 10.0 Å². The molecule has 5 rings (SSSR count). The molecule has 2 aromatic carbocycles. The lowest BCUT2D eigenvalue weighted by molar-refractivity contribution is 0.0970. The molecule has 6 nitrogen and oxygen atoms in total. The van der Waals surface area contributed by atoms with Crippen LogP contribution < -0.4 is 10.3 Å². The van der Waals surface area contributed by atoms with Gasteiger partial charge in [-0.15, -0.1) is 10.2 Å². The first-order valence-corrected chi connectivity index (χ1v) is 11.2. The number of carbonyl (C=O) groups excluding carboxylic acids is 1. The van der Waals surface area contributed by atoms with Gasteiger partial charge in [0.2, 0.25) is 10.9 Å². The number of nitrogens with zero attached hydrogens (tertiary/aromatic N) is 3. The van der Waals surface area contributed by atoms with Crippen molar-refractivity contribution in [1.29, 1.82) is 0 Å². The fourth-order valence-electron chi connectivity index (χ4n) is 3.76. The summed E-state index contributed by atoms with van der Waals surface area (Å²) in [7, 11) is 0. The van der Waals surface area contributed by atoms with Crippen LogP contribution in [0.3, 0.4) is 0 Å². The lowest BCUT2D eigenvalue weighted by Crippen LogP contribution is -2.29. The van der Waals surface area contributed by atoms with Crippen molar-refractivity contribution in [3.05, 3.63) is 84.6 Å². The molecule has 31 heavy (non-hydrogen) atoms. The van der Waals surface area contributed by atoms with Crippen molar-refractivity contribution in [3.8, 4) is 0 Å². The zero-order valence-corrected chi connectivity index (χ0v) is 18.6. The van der Waals surface area contributed by atoms with E-state index in [0.29, 0.717) is 26.1 Å². The minimum absolute atomic E-state index is 0.00649. The van der Waals surface area contributed by atoms with Crippen LogP contribution in [0.15, 0.2) is 51.7 Å². The molecule has 1 aliphatic heterocycles. The number of rotatable bonds is 4. The van der Waals surface area contributed by atoms with E-state index in [4.69, 9.17) is 27.6 Å². The molecule has 0 fully saturated rings. The third-order valence-electron chi connectivity index (χ3n) is 5.14. The van der Waals surface area contributed by atoms with Crippen LogP contribution in [0, 0.1) is 0 Å². The molecule has 1 aliphatic rings. The van der Waals surface area contributed by atoms with Crippen molar-refractivity contribution in [2.45, 2.75) is 25.8 Å². The average molecular weight is 472 g/mol. The highest BCUT2D eigenvalue weighted by Gasteiger charge is 2.45. The molecule has 2 aromatic heterocycles. The third kappa shape index (κ3) is 3.33. The van der Waals surface area contributed by atoms with Gasteiger partial charge in [0.25, 0.3) is 5.91 Å². The van der Waals surface area contributed by atoms with E-state index >= 15 is 0 Å². The molecule has 0 bridgehead atoms. The summed E-state index contributed by atoms with van der Waals surface area (Å²) >= 11 is 13.5. The molecule has 0 N–H and O–H groups in total. The highest BCUT2D eigenvalue weighted by Crippen LogP contribution is 2.42. The van der Waals surface area contributed by atoms with Gasteiger partial charge < -0.3 is 4.42 Å². The second kappa shape index (κ2) is 7.75. The second-order valence-corrected chi connectivity index (χ2v) is 9.09. The van der Waals surface area contributed by atoms with Gasteiger partial charge in [-0.25, -0.2) is 0 Å². The summed E-state index contributed by atoms with van der Waals surface area (Å²) in [5, 5.41) is 11.0. The lowest BCUT2D eigenvalue weighted by atomic mass is 9.99. The molecule has 1 atom stereocenters. The Bertz CT molecular complexity index is 1380. The van der Waals surface area contributed by atoms with E-state index in [1.807, 2.05) is 6.92 Å². The van der Waals surface area contributed by atoms with Gasteiger partial charge in [-0.05, 0) is 42.3 Å². The number of halogens is 2. The van der Waals surface area contributed by atoms with E-state index in [1.165, 1.54) is 16.2 Å². The van der Waals surface area contributed by atoms with Crippen LogP contribution in [0.4, 0.5) is 5.13 Å². The number of anilines is 1. The Kier molecular flexibility index (Phi) is 5.04. The van der Waals surface area contributed by atoms with Crippen LogP contribution in [0.5, 0.6) is 0 Å². The largest absolute Gasteiger partial charge is 0.450 e. The van der Waals surface area contributed by atoms with Gasteiger partial charge in [0.05, 0.1) is 17.0 Å². The summed E-state index contributed by atoms with van der Waals surface area (Å²) in [6.45, 7) is 2.05. The topological polar surface area (TPSA) is 76.3 Å². The molecule has 4 aromatic rings. The fourth-order valence-corrected chi connectivity index (χ4v) is 5.02. The third-order valence-corrected chi connectivity index (χ3v) is 6.61. The SMILES string of the molecule is CCCc1nnc(N2C(=O)c3oc4ccc(Cl)cc4c(=O)c3C2c2ccc(Cl)cc2)s1. The number of hydrogen-bond donors (Lipinski definition) is 0. The first kappa shape index (κ1) is 20.2. The minimum atomic E-state index is -0.707. The molecule has 0 saturated heterocycles. The van der Waals surface area contributed by atoms with E-state index in [0.717, 1.165) is 23.4 Å². The Balaban J connectivity index is 1.77. The van der Waals surface area contributed by atoms with Crippen LogP contribution in [0.1, 0.15) is 46.1 Å². The van der Waals surface area contributed by atoms with E-state index in [-0.39, 0.29) is 16.8 Å². The summed E-state index contributed by atoms with van der Waals surface area (Å²) in [5.74, 6) is -0.421. The number of carbonyl (C=O) groups is 1. The second-order valence-electron chi connectivity index (χ2n) is 7.17. The van der Waals surface area contributed by atoms with Crippen molar-refractivity contribution in [1.82, 2.24) is 10.2 Å². The molecule has 1 unspecified atom stereocenters. The molecule has 156 valence electrons. The lowest BCUT2D eigenvalue weighted by Gasteiger charge is -2.22. The van der Waals surface area contributed by atoms with Crippen molar-refractivity contribution >= 4 is 56.5 Å². The Hall–Kier alpha value is -2.74.